The highest BCUT2D eigenvalue weighted by Gasteiger charge is 2.41. The van der Waals surface area contributed by atoms with Gasteiger partial charge in [-0.25, -0.2) is 0 Å². The number of aliphatic hydroxyl groups excluding tert-OH is 1. The number of nitrogens with one attached hydrogen (secondary N) is 1. The quantitative estimate of drug-likeness (QED) is 0.812. The monoisotopic (exact) mass is 259 g/mol. The van der Waals surface area contributed by atoms with Gasteiger partial charge in [-0.1, -0.05) is 29.8 Å². The van der Waals surface area contributed by atoms with Gasteiger partial charge in [-0.3, -0.25) is 0 Å². The van der Waals surface area contributed by atoms with Crippen LogP contribution in [0.25, 0.3) is 0 Å². The number of hydrogen-bond donors (Lipinski definition) is 2. The first-order valence-electron chi connectivity index (χ1n) is 7.62. The average molecular weight is 259 g/mol. The molecule has 1 saturated heterocycles. The molecule has 1 aromatic rings. The van der Waals surface area contributed by atoms with Crippen molar-refractivity contribution in [3.05, 3.63) is 35.4 Å². The molecule has 2 aliphatic rings. The lowest BCUT2D eigenvalue weighted by molar-refractivity contribution is 0.0163. The molecule has 1 aliphatic carbocycles. The lowest BCUT2D eigenvalue weighted by Crippen LogP contribution is -2.43. The minimum atomic E-state index is -0.113. The number of benzene rings is 1. The Labute approximate surface area is 116 Å². The number of aryl methyl sites for hydroxylation is 1. The van der Waals surface area contributed by atoms with Crippen molar-refractivity contribution in [1.82, 2.24) is 5.32 Å². The topological polar surface area (TPSA) is 32.3 Å². The van der Waals surface area contributed by atoms with E-state index in [-0.39, 0.29) is 6.10 Å². The molecule has 2 heteroatoms. The third-order valence-electron chi connectivity index (χ3n) is 5.12. The van der Waals surface area contributed by atoms with Gasteiger partial charge >= 0.3 is 0 Å². The molecule has 2 unspecified atom stereocenters. The first-order valence-corrected chi connectivity index (χ1v) is 7.62. The summed E-state index contributed by atoms with van der Waals surface area (Å²) in [6, 6.07) is 8.91. The highest BCUT2D eigenvalue weighted by molar-refractivity contribution is 5.25. The maximum atomic E-state index is 10.3. The molecular weight excluding hydrogens is 234 g/mol. The van der Waals surface area contributed by atoms with Crippen molar-refractivity contribution in [1.29, 1.82) is 0 Å². The molecule has 2 fully saturated rings. The van der Waals surface area contributed by atoms with E-state index in [2.05, 4.69) is 36.5 Å². The molecule has 2 N–H and O–H groups in total. The fourth-order valence-corrected chi connectivity index (χ4v) is 4.06. The van der Waals surface area contributed by atoms with Gasteiger partial charge < -0.3 is 10.4 Å². The van der Waals surface area contributed by atoms with Crippen LogP contribution in [0, 0.1) is 12.3 Å². The van der Waals surface area contributed by atoms with Gasteiger partial charge in [0.2, 0.25) is 0 Å². The molecule has 3 rings (SSSR count). The predicted molar refractivity (Wildman–Crippen MR) is 78.3 cm³/mol. The van der Waals surface area contributed by atoms with Crippen molar-refractivity contribution in [3.63, 3.8) is 0 Å². The fourth-order valence-electron chi connectivity index (χ4n) is 4.06. The Morgan fingerprint density at radius 2 is 1.79 bits per heavy atom. The highest BCUT2D eigenvalue weighted by atomic mass is 16.3. The van der Waals surface area contributed by atoms with Gasteiger partial charge in [0.15, 0.2) is 0 Å². The summed E-state index contributed by atoms with van der Waals surface area (Å²) < 4.78 is 0. The molecule has 1 spiro atoms. The normalized spacial score (nSPS) is 30.4. The van der Waals surface area contributed by atoms with Crippen LogP contribution >= 0.6 is 0 Å². The molecule has 19 heavy (non-hydrogen) atoms. The number of aliphatic hydroxyl groups is 1. The van der Waals surface area contributed by atoms with Crippen LogP contribution in [0.1, 0.15) is 49.1 Å². The first-order chi connectivity index (χ1) is 9.17. The van der Waals surface area contributed by atoms with Crippen LogP contribution in [0.5, 0.6) is 0 Å². The molecule has 1 aliphatic heterocycles. The molecule has 2 nitrogen and oxygen atoms in total. The van der Waals surface area contributed by atoms with Gasteiger partial charge in [0.25, 0.3) is 0 Å². The number of hydrogen-bond acceptors (Lipinski definition) is 2. The molecule has 0 bridgehead atoms. The second-order valence-electron chi connectivity index (χ2n) is 6.66. The van der Waals surface area contributed by atoms with E-state index in [0.29, 0.717) is 11.3 Å². The fraction of sp³-hybridized carbons (Fsp3) is 0.647. The lowest BCUT2D eigenvalue weighted by atomic mass is 9.63. The van der Waals surface area contributed by atoms with Crippen molar-refractivity contribution >= 4 is 0 Å². The van der Waals surface area contributed by atoms with Crippen LogP contribution in [-0.4, -0.2) is 24.3 Å². The Morgan fingerprint density at radius 3 is 2.47 bits per heavy atom. The molecule has 1 aromatic carbocycles. The molecule has 0 radical (unpaired) electrons. The third-order valence-corrected chi connectivity index (χ3v) is 5.12. The van der Waals surface area contributed by atoms with E-state index in [4.69, 9.17) is 0 Å². The third kappa shape index (κ3) is 2.85. The number of piperidine rings is 1. The van der Waals surface area contributed by atoms with E-state index in [9.17, 15) is 5.11 Å². The van der Waals surface area contributed by atoms with E-state index >= 15 is 0 Å². The molecule has 104 valence electrons. The summed E-state index contributed by atoms with van der Waals surface area (Å²) >= 11 is 0. The Morgan fingerprint density at radius 1 is 1.11 bits per heavy atom. The SMILES string of the molecule is Cc1ccc(C2CC(O)CC3(CCNCC3)C2)cc1. The molecular formula is C17H25NO. The summed E-state index contributed by atoms with van der Waals surface area (Å²) in [6.45, 7) is 4.37. The van der Waals surface area contributed by atoms with Gasteiger partial charge in [0, 0.05) is 0 Å². The predicted octanol–water partition coefficient (Wildman–Crippen LogP) is 2.99. The summed E-state index contributed by atoms with van der Waals surface area (Å²) in [5.74, 6) is 0.544. The maximum Gasteiger partial charge on any atom is 0.0551 e. The Bertz CT molecular complexity index is 419. The van der Waals surface area contributed by atoms with Crippen molar-refractivity contribution in [2.24, 2.45) is 5.41 Å². The second-order valence-corrected chi connectivity index (χ2v) is 6.66. The smallest absolute Gasteiger partial charge is 0.0551 e. The minimum absolute atomic E-state index is 0.113. The van der Waals surface area contributed by atoms with Crippen molar-refractivity contribution < 1.29 is 5.11 Å². The van der Waals surface area contributed by atoms with Gasteiger partial charge in [-0.15, -0.1) is 0 Å². The van der Waals surface area contributed by atoms with E-state index in [1.54, 1.807) is 0 Å². The van der Waals surface area contributed by atoms with E-state index in [1.165, 1.54) is 30.4 Å². The highest BCUT2D eigenvalue weighted by Crippen LogP contribution is 2.48. The van der Waals surface area contributed by atoms with Crippen LogP contribution in [0.2, 0.25) is 0 Å². The summed E-state index contributed by atoms with van der Waals surface area (Å²) in [4.78, 5) is 0. The van der Waals surface area contributed by atoms with E-state index in [0.717, 1.165) is 25.9 Å². The standard InChI is InChI=1S/C17H25NO/c1-13-2-4-14(5-3-13)15-10-16(19)12-17(11-15)6-8-18-9-7-17/h2-5,15-16,18-19H,6-12H2,1H3. The first kappa shape index (κ1) is 13.1. The Balaban J connectivity index is 1.80. The molecule has 1 heterocycles. The lowest BCUT2D eigenvalue weighted by Gasteiger charge is -2.46. The van der Waals surface area contributed by atoms with Gasteiger partial charge in [0.05, 0.1) is 6.10 Å². The Kier molecular flexibility index (Phi) is 3.64. The van der Waals surface area contributed by atoms with Crippen molar-refractivity contribution in [3.8, 4) is 0 Å². The zero-order chi connectivity index (χ0) is 13.3. The maximum absolute atomic E-state index is 10.3. The minimum Gasteiger partial charge on any atom is -0.393 e. The summed E-state index contributed by atoms with van der Waals surface area (Å²) in [6.07, 6.45) is 5.56. The zero-order valence-corrected chi connectivity index (χ0v) is 11.9. The van der Waals surface area contributed by atoms with Gasteiger partial charge in [-0.05, 0) is 69.0 Å². The summed E-state index contributed by atoms with van der Waals surface area (Å²) in [7, 11) is 0. The van der Waals surface area contributed by atoms with Crippen LogP contribution in [-0.2, 0) is 0 Å². The van der Waals surface area contributed by atoms with Crippen LogP contribution in [0.3, 0.4) is 0 Å². The van der Waals surface area contributed by atoms with Crippen LogP contribution in [0.4, 0.5) is 0 Å². The Hall–Kier alpha value is -0.860. The summed E-state index contributed by atoms with van der Waals surface area (Å²) in [5, 5.41) is 13.7. The van der Waals surface area contributed by atoms with E-state index in [1.807, 2.05) is 0 Å². The zero-order valence-electron chi connectivity index (χ0n) is 11.9. The molecule has 1 saturated carbocycles. The van der Waals surface area contributed by atoms with Crippen molar-refractivity contribution in [2.75, 3.05) is 13.1 Å². The average Bonchev–Trinajstić information content (AvgIpc) is 2.39. The molecule has 2 atom stereocenters. The van der Waals surface area contributed by atoms with E-state index < -0.39 is 0 Å². The van der Waals surface area contributed by atoms with Gasteiger partial charge in [0.1, 0.15) is 0 Å². The van der Waals surface area contributed by atoms with Crippen molar-refractivity contribution in [2.45, 2.75) is 51.0 Å². The summed E-state index contributed by atoms with van der Waals surface area (Å²) in [5.41, 5.74) is 3.12. The molecule has 0 aromatic heterocycles. The second kappa shape index (κ2) is 5.26. The van der Waals surface area contributed by atoms with Crippen LogP contribution < -0.4 is 5.32 Å². The van der Waals surface area contributed by atoms with Gasteiger partial charge in [-0.2, -0.15) is 0 Å². The molecule has 0 amide bonds. The number of rotatable bonds is 1. The van der Waals surface area contributed by atoms with Crippen LogP contribution in [0.15, 0.2) is 24.3 Å². The largest absolute Gasteiger partial charge is 0.393 e.